The minimum Gasteiger partial charge on any atom is -0.454 e. The van der Waals surface area contributed by atoms with Gasteiger partial charge in [-0.3, -0.25) is 4.79 Å². The monoisotopic (exact) mass is 320 g/mol. The van der Waals surface area contributed by atoms with Crippen molar-refractivity contribution in [3.05, 3.63) is 48.0 Å². The van der Waals surface area contributed by atoms with Crippen molar-refractivity contribution < 1.29 is 23.0 Å². The molecule has 0 saturated heterocycles. The first-order chi connectivity index (χ1) is 11.0. The average molecular weight is 320 g/mol. The number of fused-ring (bicyclic) bond motifs is 1. The third-order valence-corrected chi connectivity index (χ3v) is 3.34. The Hall–Kier alpha value is -2.83. The molecule has 120 valence electrons. The van der Waals surface area contributed by atoms with Crippen LogP contribution in [0.4, 0.5) is 20.2 Å². The van der Waals surface area contributed by atoms with Crippen molar-refractivity contribution >= 4 is 17.3 Å². The quantitative estimate of drug-likeness (QED) is 0.909. The number of nitrogens with one attached hydrogen (secondary N) is 2. The average Bonchev–Trinajstić information content (AvgIpc) is 2.98. The highest BCUT2D eigenvalue weighted by atomic mass is 19.2. The van der Waals surface area contributed by atoms with E-state index in [1.54, 1.807) is 25.1 Å². The molecule has 2 aromatic rings. The van der Waals surface area contributed by atoms with E-state index in [1.807, 2.05) is 0 Å². The highest BCUT2D eigenvalue weighted by molar-refractivity contribution is 5.96. The van der Waals surface area contributed by atoms with E-state index >= 15 is 0 Å². The van der Waals surface area contributed by atoms with Crippen molar-refractivity contribution in [2.45, 2.75) is 13.0 Å². The van der Waals surface area contributed by atoms with Crippen molar-refractivity contribution in [1.29, 1.82) is 0 Å². The van der Waals surface area contributed by atoms with Gasteiger partial charge in [-0.05, 0) is 31.2 Å². The van der Waals surface area contributed by atoms with E-state index in [0.29, 0.717) is 22.9 Å². The van der Waals surface area contributed by atoms with Crippen LogP contribution < -0.4 is 20.1 Å². The Kier molecular flexibility index (Phi) is 4.01. The van der Waals surface area contributed by atoms with Gasteiger partial charge in [-0.25, -0.2) is 8.78 Å². The SMILES string of the molecule is CC(Nc1ccc(F)c(F)c1)C(=O)Nc1ccc2c(c1)OCO2. The Labute approximate surface area is 131 Å². The molecule has 23 heavy (non-hydrogen) atoms. The smallest absolute Gasteiger partial charge is 0.246 e. The normalized spacial score (nSPS) is 13.5. The van der Waals surface area contributed by atoms with Gasteiger partial charge < -0.3 is 20.1 Å². The number of amides is 1. The summed E-state index contributed by atoms with van der Waals surface area (Å²) in [6.45, 7) is 1.77. The first-order valence-electron chi connectivity index (χ1n) is 6.95. The van der Waals surface area contributed by atoms with Gasteiger partial charge in [0.05, 0.1) is 0 Å². The fourth-order valence-corrected chi connectivity index (χ4v) is 2.13. The van der Waals surface area contributed by atoms with Gasteiger partial charge in [0, 0.05) is 23.5 Å². The molecule has 0 bridgehead atoms. The molecule has 3 rings (SSSR count). The lowest BCUT2D eigenvalue weighted by atomic mass is 10.2. The second-order valence-electron chi connectivity index (χ2n) is 5.05. The predicted molar refractivity (Wildman–Crippen MR) is 80.6 cm³/mol. The van der Waals surface area contributed by atoms with Gasteiger partial charge in [-0.2, -0.15) is 0 Å². The molecule has 5 nitrogen and oxygen atoms in total. The third-order valence-electron chi connectivity index (χ3n) is 3.34. The molecule has 2 N–H and O–H groups in total. The Morgan fingerprint density at radius 1 is 1.04 bits per heavy atom. The van der Waals surface area contributed by atoms with Crippen LogP contribution in [0.15, 0.2) is 36.4 Å². The molecule has 1 atom stereocenters. The summed E-state index contributed by atoms with van der Waals surface area (Å²) in [6.07, 6.45) is 0. The van der Waals surface area contributed by atoms with Crippen LogP contribution in [-0.2, 0) is 4.79 Å². The van der Waals surface area contributed by atoms with Crippen LogP contribution in [0, 0.1) is 11.6 Å². The van der Waals surface area contributed by atoms with Crippen molar-refractivity contribution in [1.82, 2.24) is 0 Å². The maximum atomic E-state index is 13.2. The van der Waals surface area contributed by atoms with E-state index in [0.717, 1.165) is 12.1 Å². The van der Waals surface area contributed by atoms with E-state index in [4.69, 9.17) is 9.47 Å². The fraction of sp³-hybridized carbons (Fsp3) is 0.188. The molecule has 1 amide bonds. The highest BCUT2D eigenvalue weighted by Crippen LogP contribution is 2.34. The minimum atomic E-state index is -0.974. The van der Waals surface area contributed by atoms with Gasteiger partial charge in [-0.15, -0.1) is 0 Å². The molecule has 2 aromatic carbocycles. The number of ether oxygens (including phenoxy) is 2. The zero-order valence-corrected chi connectivity index (χ0v) is 12.2. The number of rotatable bonds is 4. The summed E-state index contributed by atoms with van der Waals surface area (Å²) in [5, 5.41) is 5.52. The van der Waals surface area contributed by atoms with E-state index in [9.17, 15) is 13.6 Å². The van der Waals surface area contributed by atoms with Crippen LogP contribution in [0.2, 0.25) is 0 Å². The molecule has 0 fully saturated rings. The summed E-state index contributed by atoms with van der Waals surface area (Å²) >= 11 is 0. The van der Waals surface area contributed by atoms with Crippen LogP contribution in [0.5, 0.6) is 11.5 Å². The van der Waals surface area contributed by atoms with Crippen molar-refractivity contribution in [2.75, 3.05) is 17.4 Å². The Morgan fingerprint density at radius 3 is 2.57 bits per heavy atom. The van der Waals surface area contributed by atoms with Gasteiger partial charge in [0.25, 0.3) is 0 Å². The van der Waals surface area contributed by atoms with Crippen LogP contribution in [0.1, 0.15) is 6.92 Å². The first kappa shape index (κ1) is 15.1. The topological polar surface area (TPSA) is 59.6 Å². The van der Waals surface area contributed by atoms with Gasteiger partial charge in [0.2, 0.25) is 12.7 Å². The van der Waals surface area contributed by atoms with Crippen molar-refractivity contribution in [3.63, 3.8) is 0 Å². The second kappa shape index (κ2) is 6.12. The number of carbonyl (C=O) groups is 1. The molecule has 0 spiro atoms. The summed E-state index contributed by atoms with van der Waals surface area (Å²) < 4.78 is 36.5. The number of anilines is 2. The van der Waals surface area contributed by atoms with Crippen molar-refractivity contribution in [2.24, 2.45) is 0 Å². The van der Waals surface area contributed by atoms with Gasteiger partial charge in [-0.1, -0.05) is 0 Å². The van der Waals surface area contributed by atoms with Gasteiger partial charge >= 0.3 is 0 Å². The van der Waals surface area contributed by atoms with Gasteiger partial charge in [0.15, 0.2) is 23.1 Å². The molecular weight excluding hydrogens is 306 g/mol. The number of hydrogen-bond acceptors (Lipinski definition) is 4. The zero-order chi connectivity index (χ0) is 16.4. The summed E-state index contributed by atoms with van der Waals surface area (Å²) in [6, 6.07) is 7.76. The number of benzene rings is 2. The molecular formula is C16H14F2N2O3. The molecule has 0 aliphatic carbocycles. The minimum absolute atomic E-state index is 0.154. The maximum Gasteiger partial charge on any atom is 0.246 e. The molecule has 1 heterocycles. The number of hydrogen-bond donors (Lipinski definition) is 2. The lowest BCUT2D eigenvalue weighted by Gasteiger charge is -2.15. The number of halogens is 2. The summed E-state index contributed by atoms with van der Waals surface area (Å²) in [7, 11) is 0. The lowest BCUT2D eigenvalue weighted by Crippen LogP contribution is -2.31. The fourth-order valence-electron chi connectivity index (χ4n) is 2.13. The van der Waals surface area contributed by atoms with Crippen LogP contribution in [0.25, 0.3) is 0 Å². The lowest BCUT2D eigenvalue weighted by molar-refractivity contribution is -0.116. The molecule has 1 aliphatic rings. The highest BCUT2D eigenvalue weighted by Gasteiger charge is 2.17. The summed E-state index contributed by atoms with van der Waals surface area (Å²) in [5.74, 6) is -1.06. The van der Waals surface area contributed by atoms with Crippen LogP contribution in [0.3, 0.4) is 0 Å². The standard InChI is InChI=1S/C16H14F2N2O3/c1-9(19-10-2-4-12(17)13(18)6-10)16(21)20-11-3-5-14-15(7-11)23-8-22-14/h2-7,9,19H,8H2,1H3,(H,20,21). The first-order valence-corrected chi connectivity index (χ1v) is 6.95. The molecule has 0 saturated carbocycles. The molecule has 0 radical (unpaired) electrons. The second-order valence-corrected chi connectivity index (χ2v) is 5.05. The van der Waals surface area contributed by atoms with E-state index in [1.165, 1.54) is 6.07 Å². The summed E-state index contributed by atoms with van der Waals surface area (Å²) in [5.41, 5.74) is 0.871. The molecule has 0 aromatic heterocycles. The van der Waals surface area contributed by atoms with E-state index in [2.05, 4.69) is 10.6 Å². The Balaban J connectivity index is 1.64. The van der Waals surface area contributed by atoms with Gasteiger partial charge in [0.1, 0.15) is 6.04 Å². The van der Waals surface area contributed by atoms with E-state index in [-0.39, 0.29) is 12.7 Å². The van der Waals surface area contributed by atoms with E-state index < -0.39 is 17.7 Å². The van der Waals surface area contributed by atoms with Crippen molar-refractivity contribution in [3.8, 4) is 11.5 Å². The molecule has 7 heteroatoms. The van der Waals surface area contributed by atoms with Crippen LogP contribution >= 0.6 is 0 Å². The molecule has 1 aliphatic heterocycles. The maximum absolute atomic E-state index is 13.2. The Morgan fingerprint density at radius 2 is 1.78 bits per heavy atom. The predicted octanol–water partition coefficient (Wildman–Crippen LogP) is 3.13. The Bertz CT molecular complexity index is 752. The van der Waals surface area contributed by atoms with Crippen LogP contribution in [-0.4, -0.2) is 18.7 Å². The molecule has 1 unspecified atom stereocenters. The largest absolute Gasteiger partial charge is 0.454 e. The zero-order valence-electron chi connectivity index (χ0n) is 12.2. The summed E-state index contributed by atoms with van der Waals surface area (Å²) in [4.78, 5) is 12.2. The third kappa shape index (κ3) is 3.33. The number of carbonyl (C=O) groups excluding carboxylic acids is 1.